The van der Waals surface area contributed by atoms with E-state index in [1.54, 1.807) is 31.5 Å². The van der Waals surface area contributed by atoms with Crippen LogP contribution in [0.15, 0.2) is 35.2 Å². The number of carbonyl (C=O) groups is 1. The van der Waals surface area contributed by atoms with Gasteiger partial charge < -0.3 is 9.73 Å². The molecule has 0 aliphatic rings. The first-order valence-corrected chi connectivity index (χ1v) is 5.39. The van der Waals surface area contributed by atoms with Crippen LogP contribution in [0, 0.1) is 6.92 Å². The van der Waals surface area contributed by atoms with E-state index in [0.29, 0.717) is 22.7 Å². The van der Waals surface area contributed by atoms with Crippen LogP contribution in [0.25, 0.3) is 11.0 Å². The van der Waals surface area contributed by atoms with E-state index in [4.69, 9.17) is 4.42 Å². The van der Waals surface area contributed by atoms with Crippen molar-refractivity contribution < 1.29 is 9.21 Å². The van der Waals surface area contributed by atoms with Crippen molar-refractivity contribution in [2.45, 2.75) is 6.92 Å². The van der Waals surface area contributed by atoms with E-state index in [-0.39, 0.29) is 5.91 Å². The number of aryl methyl sites for hydroxylation is 1. The highest BCUT2D eigenvalue weighted by atomic mass is 16.3. The average Bonchev–Trinajstić information content (AvgIpc) is 2.97. The van der Waals surface area contributed by atoms with Crippen molar-refractivity contribution in [3.8, 4) is 0 Å². The Morgan fingerprint density at radius 2 is 2.33 bits per heavy atom. The summed E-state index contributed by atoms with van der Waals surface area (Å²) < 4.78 is 5.10. The third-order valence-electron chi connectivity index (χ3n) is 2.71. The Hall–Kier alpha value is -2.63. The van der Waals surface area contributed by atoms with Crippen LogP contribution in [0.1, 0.15) is 16.1 Å². The number of furan rings is 1. The molecule has 0 aliphatic heterocycles. The molecule has 0 spiro atoms. The minimum Gasteiger partial charge on any atom is -0.469 e. The Morgan fingerprint density at radius 1 is 1.44 bits per heavy atom. The molecule has 0 unspecified atom stereocenters. The largest absolute Gasteiger partial charge is 0.469 e. The summed E-state index contributed by atoms with van der Waals surface area (Å²) in [5.41, 5.74) is 1.82. The quantitative estimate of drug-likeness (QED) is 0.720. The van der Waals surface area contributed by atoms with Crippen LogP contribution in [0.2, 0.25) is 0 Å². The fourth-order valence-corrected chi connectivity index (χ4v) is 1.77. The van der Waals surface area contributed by atoms with E-state index in [1.807, 2.05) is 0 Å². The highest BCUT2D eigenvalue weighted by molar-refractivity contribution is 6.08. The molecule has 3 aromatic heterocycles. The number of hydrogen-bond acceptors (Lipinski definition) is 4. The summed E-state index contributed by atoms with van der Waals surface area (Å²) in [6, 6.07) is 3.36. The lowest BCUT2D eigenvalue weighted by molar-refractivity contribution is 0.102. The number of nitrogens with one attached hydrogen (secondary N) is 2. The van der Waals surface area contributed by atoms with Crippen LogP contribution in [-0.4, -0.2) is 21.1 Å². The van der Waals surface area contributed by atoms with E-state index in [0.717, 1.165) is 5.39 Å². The van der Waals surface area contributed by atoms with Crippen LogP contribution < -0.4 is 5.32 Å². The molecule has 6 nitrogen and oxygen atoms in total. The first-order chi connectivity index (χ1) is 8.75. The first-order valence-electron chi connectivity index (χ1n) is 5.39. The lowest BCUT2D eigenvalue weighted by Gasteiger charge is -2.04. The van der Waals surface area contributed by atoms with Gasteiger partial charge in [0.05, 0.1) is 29.1 Å². The van der Waals surface area contributed by atoms with Gasteiger partial charge in [0, 0.05) is 6.20 Å². The fourth-order valence-electron chi connectivity index (χ4n) is 1.77. The minimum absolute atomic E-state index is 0.213. The molecule has 0 bridgehead atoms. The van der Waals surface area contributed by atoms with Crippen LogP contribution >= 0.6 is 0 Å². The second-order valence-electron chi connectivity index (χ2n) is 3.84. The summed E-state index contributed by atoms with van der Waals surface area (Å²) in [7, 11) is 0. The lowest BCUT2D eigenvalue weighted by atomic mass is 10.2. The molecule has 18 heavy (non-hydrogen) atoms. The highest BCUT2D eigenvalue weighted by Gasteiger charge is 2.13. The molecule has 3 rings (SSSR count). The number of rotatable bonds is 2. The molecule has 0 fully saturated rings. The minimum atomic E-state index is -0.213. The molecule has 0 radical (unpaired) electrons. The normalized spacial score (nSPS) is 10.7. The lowest BCUT2D eigenvalue weighted by Crippen LogP contribution is -2.12. The van der Waals surface area contributed by atoms with Crippen molar-refractivity contribution >= 4 is 22.6 Å². The molecular weight excluding hydrogens is 232 g/mol. The number of aromatic amines is 1. The van der Waals surface area contributed by atoms with Gasteiger partial charge in [-0.1, -0.05) is 0 Å². The van der Waals surface area contributed by atoms with E-state index in [2.05, 4.69) is 20.5 Å². The van der Waals surface area contributed by atoms with Crippen molar-refractivity contribution in [2.75, 3.05) is 5.32 Å². The van der Waals surface area contributed by atoms with Crippen molar-refractivity contribution in [2.24, 2.45) is 0 Å². The van der Waals surface area contributed by atoms with Gasteiger partial charge in [-0.2, -0.15) is 5.10 Å². The zero-order valence-electron chi connectivity index (χ0n) is 9.60. The first kappa shape index (κ1) is 10.5. The van der Waals surface area contributed by atoms with Gasteiger partial charge in [0.25, 0.3) is 5.91 Å². The summed E-state index contributed by atoms with van der Waals surface area (Å²) in [6.45, 7) is 1.74. The van der Waals surface area contributed by atoms with Gasteiger partial charge in [0.1, 0.15) is 5.76 Å². The van der Waals surface area contributed by atoms with Gasteiger partial charge >= 0.3 is 0 Å². The van der Waals surface area contributed by atoms with Crippen molar-refractivity contribution in [1.29, 1.82) is 0 Å². The molecule has 0 aliphatic carbocycles. The monoisotopic (exact) mass is 242 g/mol. The van der Waals surface area contributed by atoms with E-state index in [9.17, 15) is 4.79 Å². The number of H-pyrrole nitrogens is 1. The molecule has 90 valence electrons. The molecule has 2 N–H and O–H groups in total. The molecule has 1 amide bonds. The molecule has 6 heteroatoms. The number of nitrogens with zero attached hydrogens (tertiary/aromatic N) is 2. The van der Waals surface area contributed by atoms with Gasteiger partial charge in [0.15, 0.2) is 5.65 Å². The maximum absolute atomic E-state index is 12.0. The van der Waals surface area contributed by atoms with Crippen LogP contribution in [0.3, 0.4) is 0 Å². The number of aromatic nitrogens is 3. The fraction of sp³-hybridized carbons (Fsp3) is 0.0833. The maximum Gasteiger partial charge on any atom is 0.259 e. The van der Waals surface area contributed by atoms with E-state index < -0.39 is 0 Å². The number of anilines is 1. The number of pyridine rings is 1. The number of carbonyl (C=O) groups excluding carboxylic acids is 1. The molecule has 0 saturated carbocycles. The second kappa shape index (κ2) is 3.99. The van der Waals surface area contributed by atoms with Gasteiger partial charge in [-0.3, -0.25) is 9.89 Å². The maximum atomic E-state index is 12.0. The molecular formula is C12H10N4O2. The molecule has 3 aromatic rings. The standard InChI is InChI=1S/C12H10N4O2/c1-7-8(3-5-18-7)12(17)15-10-2-4-13-11-9(10)6-14-16-11/h2-6H,1H3,(H2,13,14,15,16,17). The summed E-state index contributed by atoms with van der Waals surface area (Å²) in [5.74, 6) is 0.375. The Bertz CT molecular complexity index is 714. The summed E-state index contributed by atoms with van der Waals surface area (Å²) in [5, 5.41) is 10.2. The van der Waals surface area contributed by atoms with Crippen molar-refractivity contribution in [3.63, 3.8) is 0 Å². The van der Waals surface area contributed by atoms with Gasteiger partial charge in [-0.15, -0.1) is 0 Å². The van der Waals surface area contributed by atoms with Crippen LogP contribution in [0.5, 0.6) is 0 Å². The third kappa shape index (κ3) is 1.64. The zero-order valence-corrected chi connectivity index (χ0v) is 9.60. The third-order valence-corrected chi connectivity index (χ3v) is 2.71. The smallest absolute Gasteiger partial charge is 0.259 e. The average molecular weight is 242 g/mol. The SMILES string of the molecule is Cc1occc1C(=O)Nc1ccnc2[nH]ncc12. The molecule has 0 saturated heterocycles. The number of fused-ring (bicyclic) bond motifs is 1. The Morgan fingerprint density at radius 3 is 3.11 bits per heavy atom. The highest BCUT2D eigenvalue weighted by Crippen LogP contribution is 2.20. The number of hydrogen-bond donors (Lipinski definition) is 2. The zero-order chi connectivity index (χ0) is 12.5. The second-order valence-corrected chi connectivity index (χ2v) is 3.84. The van der Waals surface area contributed by atoms with Gasteiger partial charge in [-0.25, -0.2) is 4.98 Å². The van der Waals surface area contributed by atoms with Gasteiger partial charge in [0.2, 0.25) is 0 Å². The molecule has 3 heterocycles. The van der Waals surface area contributed by atoms with Crippen molar-refractivity contribution in [3.05, 3.63) is 42.1 Å². The summed E-state index contributed by atoms with van der Waals surface area (Å²) in [6.07, 6.45) is 4.72. The Labute approximate surface area is 102 Å². The Balaban J connectivity index is 1.95. The topological polar surface area (TPSA) is 83.8 Å². The molecule has 0 aromatic carbocycles. The van der Waals surface area contributed by atoms with Crippen LogP contribution in [0.4, 0.5) is 5.69 Å². The predicted octanol–water partition coefficient (Wildman–Crippen LogP) is 2.11. The summed E-state index contributed by atoms with van der Waals surface area (Å²) in [4.78, 5) is 16.1. The molecule has 0 atom stereocenters. The van der Waals surface area contributed by atoms with E-state index in [1.165, 1.54) is 6.26 Å². The van der Waals surface area contributed by atoms with Gasteiger partial charge in [-0.05, 0) is 19.1 Å². The Kier molecular flexibility index (Phi) is 2.33. The van der Waals surface area contributed by atoms with Crippen molar-refractivity contribution in [1.82, 2.24) is 15.2 Å². The number of amides is 1. The van der Waals surface area contributed by atoms with E-state index >= 15 is 0 Å². The predicted molar refractivity (Wildman–Crippen MR) is 65.3 cm³/mol. The van der Waals surface area contributed by atoms with Crippen LogP contribution in [-0.2, 0) is 0 Å². The summed E-state index contributed by atoms with van der Waals surface area (Å²) >= 11 is 0.